The molecule has 1 saturated heterocycles. The number of aromatic nitrogens is 1. The van der Waals surface area contributed by atoms with E-state index in [-0.39, 0.29) is 24.2 Å². The Hall–Kier alpha value is -2.40. The summed E-state index contributed by atoms with van der Waals surface area (Å²) in [6, 6.07) is 12.3. The van der Waals surface area contributed by atoms with E-state index in [1.165, 1.54) is 0 Å². The molecule has 22 heavy (non-hydrogen) atoms. The molecular formula is C16H14ClN3O2. The molecule has 0 saturated carbocycles. The van der Waals surface area contributed by atoms with Crippen molar-refractivity contribution < 1.29 is 9.59 Å². The van der Waals surface area contributed by atoms with Gasteiger partial charge in [0.05, 0.1) is 5.92 Å². The van der Waals surface area contributed by atoms with Crippen molar-refractivity contribution in [3.8, 4) is 0 Å². The fourth-order valence-corrected chi connectivity index (χ4v) is 2.54. The summed E-state index contributed by atoms with van der Waals surface area (Å²) in [5, 5.41) is 3.35. The Morgan fingerprint density at radius 1 is 1.23 bits per heavy atom. The topological polar surface area (TPSA) is 62.3 Å². The van der Waals surface area contributed by atoms with Gasteiger partial charge in [-0.1, -0.05) is 17.7 Å². The molecule has 1 aliphatic heterocycles. The molecule has 1 aliphatic rings. The number of nitrogens with one attached hydrogen (secondary N) is 1. The van der Waals surface area contributed by atoms with Gasteiger partial charge in [-0.2, -0.15) is 0 Å². The molecule has 1 N–H and O–H groups in total. The Bertz CT molecular complexity index is 688. The lowest BCUT2D eigenvalue weighted by Gasteiger charge is -2.16. The highest BCUT2D eigenvalue weighted by Gasteiger charge is 2.35. The number of halogens is 1. The van der Waals surface area contributed by atoms with Crippen molar-refractivity contribution in [3.63, 3.8) is 0 Å². The van der Waals surface area contributed by atoms with Gasteiger partial charge >= 0.3 is 0 Å². The number of anilines is 2. The summed E-state index contributed by atoms with van der Waals surface area (Å²) < 4.78 is 0. The van der Waals surface area contributed by atoms with Gasteiger partial charge in [-0.05, 0) is 36.4 Å². The van der Waals surface area contributed by atoms with Crippen LogP contribution in [0.1, 0.15) is 6.42 Å². The highest BCUT2D eigenvalue weighted by molar-refractivity contribution is 6.30. The van der Waals surface area contributed by atoms with E-state index in [9.17, 15) is 9.59 Å². The standard InChI is InChI=1S/C16H14ClN3O2/c17-12-4-6-13(7-5-12)20-10-11(9-15(20)21)16(22)19-14-3-1-2-8-18-14/h1-8,11H,9-10H2,(H,18,19,22)/t11-/m1/s1. The van der Waals surface area contributed by atoms with E-state index in [4.69, 9.17) is 11.6 Å². The monoisotopic (exact) mass is 315 g/mol. The van der Waals surface area contributed by atoms with Crippen LogP contribution in [0.5, 0.6) is 0 Å². The number of amides is 2. The number of carbonyl (C=O) groups excluding carboxylic acids is 2. The summed E-state index contributed by atoms with van der Waals surface area (Å²) in [7, 11) is 0. The molecule has 1 atom stereocenters. The first-order valence-electron chi connectivity index (χ1n) is 6.91. The molecule has 1 aromatic heterocycles. The van der Waals surface area contributed by atoms with Gasteiger partial charge in [0.25, 0.3) is 0 Å². The molecule has 6 heteroatoms. The van der Waals surface area contributed by atoms with E-state index in [0.717, 1.165) is 5.69 Å². The fourth-order valence-electron chi connectivity index (χ4n) is 2.42. The van der Waals surface area contributed by atoms with Gasteiger partial charge in [-0.3, -0.25) is 9.59 Å². The van der Waals surface area contributed by atoms with Crippen LogP contribution >= 0.6 is 11.6 Å². The van der Waals surface area contributed by atoms with Gasteiger partial charge in [0.1, 0.15) is 5.82 Å². The Morgan fingerprint density at radius 3 is 2.68 bits per heavy atom. The van der Waals surface area contributed by atoms with Crippen LogP contribution in [0.4, 0.5) is 11.5 Å². The van der Waals surface area contributed by atoms with E-state index in [2.05, 4.69) is 10.3 Å². The maximum absolute atomic E-state index is 12.2. The van der Waals surface area contributed by atoms with Gasteiger partial charge in [0.15, 0.2) is 0 Å². The van der Waals surface area contributed by atoms with E-state index in [1.807, 2.05) is 0 Å². The number of pyridine rings is 1. The quantitative estimate of drug-likeness (QED) is 0.947. The van der Waals surface area contributed by atoms with Crippen LogP contribution in [0.2, 0.25) is 5.02 Å². The predicted octanol–water partition coefficient (Wildman–Crippen LogP) is 2.73. The lowest BCUT2D eigenvalue weighted by molar-refractivity contribution is -0.122. The van der Waals surface area contributed by atoms with Crippen molar-refractivity contribution in [1.29, 1.82) is 0 Å². The molecule has 1 aromatic carbocycles. The second-order valence-corrected chi connectivity index (χ2v) is 5.52. The van der Waals surface area contributed by atoms with E-state index < -0.39 is 0 Å². The van der Waals surface area contributed by atoms with Crippen molar-refractivity contribution in [2.24, 2.45) is 5.92 Å². The van der Waals surface area contributed by atoms with Crippen LogP contribution in [0, 0.1) is 5.92 Å². The van der Waals surface area contributed by atoms with Gasteiger partial charge < -0.3 is 10.2 Å². The number of hydrogen-bond acceptors (Lipinski definition) is 3. The van der Waals surface area contributed by atoms with Crippen molar-refractivity contribution in [2.45, 2.75) is 6.42 Å². The number of hydrogen-bond donors (Lipinski definition) is 1. The summed E-state index contributed by atoms with van der Waals surface area (Å²) in [4.78, 5) is 30.0. The van der Waals surface area contributed by atoms with Crippen LogP contribution in [0.3, 0.4) is 0 Å². The largest absolute Gasteiger partial charge is 0.312 e. The maximum atomic E-state index is 12.2. The summed E-state index contributed by atoms with van der Waals surface area (Å²) in [6.07, 6.45) is 1.80. The molecule has 2 amide bonds. The van der Waals surface area contributed by atoms with Crippen LogP contribution in [-0.2, 0) is 9.59 Å². The number of nitrogens with zero attached hydrogens (tertiary/aromatic N) is 2. The Labute approximate surface area is 132 Å². The minimum absolute atomic E-state index is 0.0662. The third-order valence-electron chi connectivity index (χ3n) is 3.55. The molecule has 0 spiro atoms. The van der Waals surface area contributed by atoms with Gasteiger partial charge in [0.2, 0.25) is 11.8 Å². The molecule has 3 rings (SSSR count). The molecule has 0 unspecified atom stereocenters. The fraction of sp³-hybridized carbons (Fsp3) is 0.188. The zero-order valence-electron chi connectivity index (χ0n) is 11.7. The summed E-state index contributed by atoms with van der Waals surface area (Å²) in [6.45, 7) is 0.360. The van der Waals surface area contributed by atoms with Crippen molar-refractivity contribution in [2.75, 3.05) is 16.8 Å². The normalized spacial score (nSPS) is 17.6. The molecule has 5 nitrogen and oxygen atoms in total. The Balaban J connectivity index is 1.69. The predicted molar refractivity (Wildman–Crippen MR) is 84.8 cm³/mol. The third kappa shape index (κ3) is 3.09. The average molecular weight is 316 g/mol. The SMILES string of the molecule is O=C(Nc1ccccn1)[C@@H]1CC(=O)N(c2ccc(Cl)cc2)C1. The molecule has 2 aromatic rings. The number of carbonyl (C=O) groups is 2. The zero-order chi connectivity index (χ0) is 15.5. The van der Waals surface area contributed by atoms with Crippen molar-refractivity contribution in [1.82, 2.24) is 4.98 Å². The highest BCUT2D eigenvalue weighted by Crippen LogP contribution is 2.26. The lowest BCUT2D eigenvalue weighted by Crippen LogP contribution is -2.28. The molecule has 1 fully saturated rings. The minimum atomic E-state index is -0.384. The third-order valence-corrected chi connectivity index (χ3v) is 3.80. The molecule has 0 aliphatic carbocycles. The first kappa shape index (κ1) is 14.5. The maximum Gasteiger partial charge on any atom is 0.230 e. The van der Waals surface area contributed by atoms with Crippen LogP contribution in [-0.4, -0.2) is 23.3 Å². The van der Waals surface area contributed by atoms with Gasteiger partial charge in [-0.25, -0.2) is 4.98 Å². The molecule has 2 heterocycles. The summed E-state index contributed by atoms with van der Waals surface area (Å²) >= 11 is 5.85. The summed E-state index contributed by atoms with van der Waals surface area (Å²) in [5.74, 6) is -0.151. The first-order chi connectivity index (χ1) is 10.6. The zero-order valence-corrected chi connectivity index (χ0v) is 12.5. The second-order valence-electron chi connectivity index (χ2n) is 5.09. The van der Waals surface area contributed by atoms with Gasteiger partial charge in [-0.15, -0.1) is 0 Å². The van der Waals surface area contributed by atoms with E-state index >= 15 is 0 Å². The van der Waals surface area contributed by atoms with Gasteiger partial charge in [0, 0.05) is 29.9 Å². The molecule has 112 valence electrons. The number of rotatable bonds is 3. The highest BCUT2D eigenvalue weighted by atomic mass is 35.5. The Kier molecular flexibility index (Phi) is 4.06. The molecule has 0 radical (unpaired) electrons. The lowest BCUT2D eigenvalue weighted by atomic mass is 10.1. The average Bonchev–Trinajstić information content (AvgIpc) is 2.91. The van der Waals surface area contributed by atoms with Crippen LogP contribution in [0.15, 0.2) is 48.7 Å². The van der Waals surface area contributed by atoms with Crippen molar-refractivity contribution >= 4 is 34.9 Å². The second kappa shape index (κ2) is 6.15. The molecule has 0 bridgehead atoms. The summed E-state index contributed by atoms with van der Waals surface area (Å²) in [5.41, 5.74) is 0.752. The van der Waals surface area contributed by atoms with Crippen LogP contribution < -0.4 is 10.2 Å². The Morgan fingerprint density at radius 2 is 2.00 bits per heavy atom. The van der Waals surface area contributed by atoms with E-state index in [1.54, 1.807) is 53.6 Å². The first-order valence-corrected chi connectivity index (χ1v) is 7.29. The number of benzene rings is 1. The molecular weight excluding hydrogens is 302 g/mol. The smallest absolute Gasteiger partial charge is 0.230 e. The van der Waals surface area contributed by atoms with Crippen molar-refractivity contribution in [3.05, 3.63) is 53.7 Å². The van der Waals surface area contributed by atoms with E-state index in [0.29, 0.717) is 17.4 Å². The van der Waals surface area contributed by atoms with Crippen LogP contribution in [0.25, 0.3) is 0 Å². The minimum Gasteiger partial charge on any atom is -0.312 e.